The summed E-state index contributed by atoms with van der Waals surface area (Å²) in [6.45, 7) is 0. The Hall–Kier alpha value is -3.88. The summed E-state index contributed by atoms with van der Waals surface area (Å²) in [5.74, 6) is -1.10. The molecular weight excluding hydrogens is 446 g/mol. The predicted octanol–water partition coefficient (Wildman–Crippen LogP) is 7.19. The van der Waals surface area contributed by atoms with Gasteiger partial charge in [0.1, 0.15) is 0 Å². The van der Waals surface area contributed by atoms with Crippen molar-refractivity contribution in [2.45, 2.75) is 12.4 Å². The lowest BCUT2D eigenvalue weighted by Crippen LogP contribution is -2.17. The van der Waals surface area contributed by atoms with E-state index in [-0.39, 0.29) is 11.8 Å². The van der Waals surface area contributed by atoms with E-state index in [0.717, 1.165) is 0 Å². The monoisotopic (exact) mass is 460 g/mol. The number of halogens is 6. The van der Waals surface area contributed by atoms with Gasteiger partial charge in [0.25, 0.3) is 5.91 Å². The highest BCUT2D eigenvalue weighted by Crippen LogP contribution is 2.38. The Morgan fingerprint density at radius 3 is 2.00 bits per heavy atom. The van der Waals surface area contributed by atoms with Crippen molar-refractivity contribution in [2.75, 3.05) is 5.32 Å². The molecule has 0 fully saturated rings. The molecule has 4 aromatic rings. The van der Waals surface area contributed by atoms with E-state index in [1.165, 1.54) is 6.07 Å². The smallest absolute Gasteiger partial charge is 0.321 e. The molecule has 4 rings (SSSR count). The van der Waals surface area contributed by atoms with Crippen LogP contribution in [-0.2, 0) is 12.4 Å². The topological polar surface area (TPSA) is 42.0 Å². The minimum Gasteiger partial charge on any atom is -0.321 e. The molecule has 0 saturated heterocycles. The summed E-state index contributed by atoms with van der Waals surface area (Å²) >= 11 is 0. The van der Waals surface area contributed by atoms with Crippen LogP contribution in [0.25, 0.3) is 22.0 Å². The molecule has 3 nitrogen and oxygen atoms in total. The molecule has 0 bridgehead atoms. The van der Waals surface area contributed by atoms with E-state index in [1.807, 2.05) is 0 Å². The normalized spacial score (nSPS) is 12.1. The molecule has 1 amide bonds. The zero-order chi connectivity index (χ0) is 23.8. The number of rotatable bonds is 3. The number of benzene rings is 3. The minimum absolute atomic E-state index is 0.0200. The summed E-state index contributed by atoms with van der Waals surface area (Å²) in [6.07, 6.45) is -8.53. The summed E-state index contributed by atoms with van der Waals surface area (Å²) in [6, 6.07) is 16.2. The van der Waals surface area contributed by atoms with Crippen LogP contribution in [0.5, 0.6) is 0 Å². The van der Waals surface area contributed by atoms with Crippen molar-refractivity contribution in [1.82, 2.24) is 4.98 Å². The van der Waals surface area contributed by atoms with Crippen molar-refractivity contribution in [3.63, 3.8) is 0 Å². The van der Waals surface area contributed by atoms with E-state index in [2.05, 4.69) is 10.3 Å². The molecule has 0 atom stereocenters. The average molecular weight is 460 g/mol. The van der Waals surface area contributed by atoms with Crippen molar-refractivity contribution in [1.29, 1.82) is 0 Å². The summed E-state index contributed by atoms with van der Waals surface area (Å²) in [7, 11) is 0. The van der Waals surface area contributed by atoms with Crippen molar-refractivity contribution in [3.8, 4) is 11.1 Å². The molecule has 0 aliphatic heterocycles. The second-order valence-corrected chi connectivity index (χ2v) is 7.17. The summed E-state index contributed by atoms with van der Waals surface area (Å²) in [4.78, 5) is 17.1. The molecule has 0 spiro atoms. The minimum atomic E-state index is -5.06. The Labute approximate surface area is 183 Å². The van der Waals surface area contributed by atoms with E-state index in [9.17, 15) is 31.1 Å². The molecule has 9 heteroatoms. The summed E-state index contributed by atoms with van der Waals surface area (Å²) in [5, 5.41) is 3.13. The van der Waals surface area contributed by atoms with Crippen LogP contribution in [0.4, 0.5) is 32.0 Å². The summed E-state index contributed by atoms with van der Waals surface area (Å²) in [5.41, 5.74) is -1.83. The molecular formula is C24H14F6N2O. The molecule has 0 radical (unpaired) electrons. The van der Waals surface area contributed by atoms with Crippen molar-refractivity contribution in [2.24, 2.45) is 0 Å². The third-order valence-corrected chi connectivity index (χ3v) is 4.95. The zero-order valence-corrected chi connectivity index (χ0v) is 16.6. The van der Waals surface area contributed by atoms with E-state index < -0.39 is 35.0 Å². The van der Waals surface area contributed by atoms with Gasteiger partial charge in [-0.1, -0.05) is 36.4 Å². The standard InChI is InChI=1S/C24H14F6N2O/c25-23(26,27)16-11-15(12-17(13-16)24(28,29)30)22(33)32-20-9-8-19-18(7-4-10-31-19)21(20)14-5-2-1-3-6-14/h1-13H,(H,32,33). The number of hydrogen-bond acceptors (Lipinski definition) is 2. The fourth-order valence-electron chi connectivity index (χ4n) is 3.45. The number of nitrogens with one attached hydrogen (secondary N) is 1. The highest BCUT2D eigenvalue weighted by atomic mass is 19.4. The maximum Gasteiger partial charge on any atom is 0.416 e. The van der Waals surface area contributed by atoms with Crippen LogP contribution in [0.15, 0.2) is 79.0 Å². The van der Waals surface area contributed by atoms with Gasteiger partial charge in [0.2, 0.25) is 0 Å². The maximum absolute atomic E-state index is 13.2. The first kappa shape index (κ1) is 22.3. The number of anilines is 1. The molecule has 0 unspecified atom stereocenters. The Kier molecular flexibility index (Phi) is 5.57. The van der Waals surface area contributed by atoms with Gasteiger partial charge in [-0.15, -0.1) is 0 Å². The van der Waals surface area contributed by atoms with Crippen LogP contribution in [0.2, 0.25) is 0 Å². The number of carbonyl (C=O) groups is 1. The number of aromatic nitrogens is 1. The molecule has 1 heterocycles. The molecule has 33 heavy (non-hydrogen) atoms. The Morgan fingerprint density at radius 1 is 0.758 bits per heavy atom. The fourth-order valence-corrected chi connectivity index (χ4v) is 3.45. The predicted molar refractivity (Wildman–Crippen MR) is 112 cm³/mol. The highest BCUT2D eigenvalue weighted by molar-refractivity contribution is 6.10. The molecule has 1 N–H and O–H groups in total. The molecule has 0 aliphatic carbocycles. The quantitative estimate of drug-likeness (QED) is 0.329. The first-order chi connectivity index (χ1) is 15.5. The van der Waals surface area contributed by atoms with Gasteiger partial charge in [0.05, 0.1) is 16.6 Å². The molecule has 168 valence electrons. The second-order valence-electron chi connectivity index (χ2n) is 7.17. The number of pyridine rings is 1. The lowest BCUT2D eigenvalue weighted by molar-refractivity contribution is -0.143. The number of carbonyl (C=O) groups excluding carboxylic acids is 1. The molecule has 1 aromatic heterocycles. The Bertz CT molecular complexity index is 1300. The number of fused-ring (bicyclic) bond motifs is 1. The maximum atomic E-state index is 13.2. The molecule has 0 saturated carbocycles. The van der Waals surface area contributed by atoms with E-state index in [0.29, 0.717) is 34.2 Å². The van der Waals surface area contributed by atoms with Gasteiger partial charge in [-0.25, -0.2) is 0 Å². The van der Waals surface area contributed by atoms with Crippen LogP contribution in [0.3, 0.4) is 0 Å². The van der Waals surface area contributed by atoms with Gasteiger partial charge in [-0.05, 0) is 42.0 Å². The van der Waals surface area contributed by atoms with Crippen molar-refractivity contribution >= 4 is 22.5 Å². The van der Waals surface area contributed by atoms with E-state index in [1.54, 1.807) is 54.7 Å². The average Bonchev–Trinajstić information content (AvgIpc) is 2.78. The van der Waals surface area contributed by atoms with E-state index >= 15 is 0 Å². The van der Waals surface area contributed by atoms with Gasteiger partial charge >= 0.3 is 12.4 Å². The second kappa shape index (κ2) is 8.23. The summed E-state index contributed by atoms with van der Waals surface area (Å²) < 4.78 is 79.1. The SMILES string of the molecule is O=C(Nc1ccc2ncccc2c1-c1ccccc1)c1cc(C(F)(F)F)cc(C(F)(F)F)c1. The number of nitrogens with zero attached hydrogens (tertiary/aromatic N) is 1. The Morgan fingerprint density at radius 2 is 1.39 bits per heavy atom. The van der Waals surface area contributed by atoms with Crippen LogP contribution >= 0.6 is 0 Å². The van der Waals surface area contributed by atoms with Gasteiger partial charge in [0.15, 0.2) is 0 Å². The van der Waals surface area contributed by atoms with Gasteiger partial charge < -0.3 is 5.32 Å². The largest absolute Gasteiger partial charge is 0.416 e. The lowest BCUT2D eigenvalue weighted by Gasteiger charge is -2.16. The highest BCUT2D eigenvalue weighted by Gasteiger charge is 2.37. The molecule has 3 aromatic carbocycles. The van der Waals surface area contributed by atoms with Crippen molar-refractivity contribution < 1.29 is 31.1 Å². The lowest BCUT2D eigenvalue weighted by atomic mass is 9.98. The first-order valence-electron chi connectivity index (χ1n) is 9.58. The number of alkyl halides is 6. The van der Waals surface area contributed by atoms with Crippen molar-refractivity contribution in [3.05, 3.63) is 95.7 Å². The number of amides is 1. The van der Waals surface area contributed by atoms with Gasteiger partial charge in [-0.2, -0.15) is 26.3 Å². The molecule has 0 aliphatic rings. The Balaban J connectivity index is 1.82. The van der Waals surface area contributed by atoms with Gasteiger partial charge in [-0.3, -0.25) is 9.78 Å². The third-order valence-electron chi connectivity index (χ3n) is 4.95. The third kappa shape index (κ3) is 4.67. The van der Waals surface area contributed by atoms with Crippen LogP contribution in [0.1, 0.15) is 21.5 Å². The first-order valence-corrected chi connectivity index (χ1v) is 9.58. The van der Waals surface area contributed by atoms with Crippen LogP contribution in [0, 0.1) is 0 Å². The van der Waals surface area contributed by atoms with Gasteiger partial charge in [0, 0.05) is 28.4 Å². The van der Waals surface area contributed by atoms with E-state index in [4.69, 9.17) is 0 Å². The number of hydrogen-bond donors (Lipinski definition) is 1. The fraction of sp³-hybridized carbons (Fsp3) is 0.0833. The van der Waals surface area contributed by atoms with Crippen LogP contribution < -0.4 is 5.32 Å². The van der Waals surface area contributed by atoms with Crippen LogP contribution in [-0.4, -0.2) is 10.9 Å². The zero-order valence-electron chi connectivity index (χ0n) is 16.6.